The van der Waals surface area contributed by atoms with Crippen LogP contribution in [0.4, 0.5) is 5.69 Å². The van der Waals surface area contributed by atoms with Crippen molar-refractivity contribution in [2.45, 2.75) is 121 Å². The number of para-hydroxylation sites is 1. The van der Waals surface area contributed by atoms with Crippen molar-refractivity contribution in [1.82, 2.24) is 20.7 Å². The third kappa shape index (κ3) is 13.1. The molecule has 4 N–H and O–H groups in total. The summed E-state index contributed by atoms with van der Waals surface area (Å²) in [7, 11) is -7.89. The SMILES string of the molecule is CC[C@@]1(C)Oc2cc(ccc2OCc2ccccc2)[C@@H](O[Si](C)(C)C(C)(C)C)[C@H](NS(=O)(=O)c2ccccc2[N+](=O)[O-])C(=O)N[C@@H](C(C)C)C(=O)N[C@@H]1C(=O)NCC(=O)OCc1ccccc1. The first-order chi connectivity index (χ1) is 31.5. The summed E-state index contributed by atoms with van der Waals surface area (Å²) in [5, 5.41) is 19.7. The van der Waals surface area contributed by atoms with Crippen LogP contribution in [-0.2, 0) is 51.6 Å². The standard InChI is InChI=1S/C48H61N5O12SSi/c1-10-48(7)43(46(57)49-28-39(54)63-30-33-21-15-12-16-22-33)51-44(55)40(31(2)3)50-45(56)41(52-66(60,61)38-24-18-17-23-35(38)53(58)59)42(65-67(8,9)47(4,5)6)34-25-26-36(37(27-34)64-48)62-29-32-19-13-11-14-20-32/h11-27,31,40-43,52H,10,28-30H2,1-9H3,(H,49,57)(H,50,56)(H,51,55)/t40-,41-,42+,43+,48+/m0/s1. The number of nitrogens with one attached hydrogen (secondary N) is 4. The predicted octanol–water partition coefficient (Wildman–Crippen LogP) is 6.63. The van der Waals surface area contributed by atoms with Gasteiger partial charge in [-0.3, -0.25) is 29.3 Å². The van der Waals surface area contributed by atoms with Gasteiger partial charge in [0.15, 0.2) is 24.7 Å². The summed E-state index contributed by atoms with van der Waals surface area (Å²) in [6.07, 6.45) is -1.36. The quantitative estimate of drug-likeness (QED) is 0.0401. The zero-order chi connectivity index (χ0) is 49.3. The molecule has 3 amide bonds. The van der Waals surface area contributed by atoms with Crippen molar-refractivity contribution in [3.8, 4) is 11.5 Å². The molecule has 360 valence electrons. The van der Waals surface area contributed by atoms with Crippen LogP contribution in [0.25, 0.3) is 0 Å². The fraction of sp³-hybridized carbons (Fsp3) is 0.417. The Hall–Kier alpha value is -6.15. The van der Waals surface area contributed by atoms with Crippen molar-refractivity contribution in [2.75, 3.05) is 6.54 Å². The molecule has 1 aliphatic rings. The van der Waals surface area contributed by atoms with E-state index in [-0.39, 0.29) is 36.7 Å². The van der Waals surface area contributed by atoms with E-state index in [9.17, 15) is 32.9 Å². The average Bonchev–Trinajstić information content (AvgIpc) is 3.29. The van der Waals surface area contributed by atoms with E-state index in [1.165, 1.54) is 18.2 Å². The van der Waals surface area contributed by atoms with Crippen LogP contribution in [0.1, 0.15) is 77.7 Å². The molecule has 19 heteroatoms. The number of ether oxygens (including phenoxy) is 3. The molecule has 0 fully saturated rings. The lowest BCUT2D eigenvalue weighted by atomic mass is 9.91. The van der Waals surface area contributed by atoms with Gasteiger partial charge in [0.2, 0.25) is 27.7 Å². The normalized spacial score (nSPS) is 20.4. The van der Waals surface area contributed by atoms with Crippen molar-refractivity contribution in [3.05, 3.63) is 130 Å². The number of nitro benzene ring substituents is 1. The number of benzene rings is 4. The van der Waals surface area contributed by atoms with Crippen LogP contribution in [0.2, 0.25) is 18.1 Å². The molecule has 67 heavy (non-hydrogen) atoms. The van der Waals surface area contributed by atoms with Crippen LogP contribution >= 0.6 is 0 Å². The number of nitrogens with zero attached hydrogens (tertiary/aromatic N) is 1. The summed E-state index contributed by atoms with van der Waals surface area (Å²) < 4.78 is 56.9. The summed E-state index contributed by atoms with van der Waals surface area (Å²) >= 11 is 0. The molecule has 1 aliphatic heterocycles. The maximum Gasteiger partial charge on any atom is 0.325 e. The number of amides is 3. The van der Waals surface area contributed by atoms with Crippen molar-refractivity contribution < 1.29 is 51.2 Å². The summed E-state index contributed by atoms with van der Waals surface area (Å²) in [6, 6.07) is 22.9. The second-order valence-electron chi connectivity index (χ2n) is 18.4. The van der Waals surface area contributed by atoms with Gasteiger partial charge >= 0.3 is 5.97 Å². The maximum atomic E-state index is 15.0. The zero-order valence-electron chi connectivity index (χ0n) is 39.3. The molecular weight excluding hydrogens is 899 g/mol. The van der Waals surface area contributed by atoms with Gasteiger partial charge in [-0.2, -0.15) is 4.72 Å². The van der Waals surface area contributed by atoms with Crippen molar-refractivity contribution in [3.63, 3.8) is 0 Å². The van der Waals surface area contributed by atoms with E-state index in [2.05, 4.69) is 20.7 Å². The van der Waals surface area contributed by atoms with E-state index in [0.29, 0.717) is 0 Å². The molecule has 5 atom stereocenters. The van der Waals surface area contributed by atoms with Gasteiger partial charge in [0.05, 0.1) is 11.0 Å². The minimum atomic E-state index is -4.90. The van der Waals surface area contributed by atoms with Crippen LogP contribution in [0.5, 0.6) is 11.5 Å². The molecular formula is C48H61N5O12SSi. The Balaban J connectivity index is 1.69. The zero-order valence-corrected chi connectivity index (χ0v) is 41.1. The number of rotatable bonds is 16. The lowest BCUT2D eigenvalue weighted by Crippen LogP contribution is -2.65. The molecule has 2 bridgehead atoms. The summed E-state index contributed by atoms with van der Waals surface area (Å²) in [5.41, 5.74) is -0.550. The highest BCUT2D eigenvalue weighted by molar-refractivity contribution is 7.89. The third-order valence-corrected chi connectivity index (χ3v) is 18.0. The molecule has 17 nitrogen and oxygen atoms in total. The van der Waals surface area contributed by atoms with Crippen LogP contribution in [0, 0.1) is 16.0 Å². The van der Waals surface area contributed by atoms with Gasteiger partial charge in [0.1, 0.15) is 43.5 Å². The summed E-state index contributed by atoms with van der Waals surface area (Å²) in [6.45, 7) is 15.8. The molecule has 0 saturated heterocycles. The highest BCUT2D eigenvalue weighted by atomic mass is 32.2. The van der Waals surface area contributed by atoms with Crippen LogP contribution in [0.15, 0.2) is 108 Å². The van der Waals surface area contributed by atoms with E-state index in [4.69, 9.17) is 18.6 Å². The number of nitro groups is 1. The Morgan fingerprint density at radius 2 is 1.49 bits per heavy atom. The number of carbonyl (C=O) groups excluding carboxylic acids is 4. The third-order valence-electron chi connectivity index (χ3n) is 12.1. The highest BCUT2D eigenvalue weighted by Gasteiger charge is 2.48. The van der Waals surface area contributed by atoms with Gasteiger partial charge < -0.3 is 34.6 Å². The van der Waals surface area contributed by atoms with Gasteiger partial charge in [-0.05, 0) is 72.3 Å². The molecule has 0 aliphatic carbocycles. The maximum absolute atomic E-state index is 15.0. The second kappa shape index (κ2) is 21.6. The predicted molar refractivity (Wildman–Crippen MR) is 253 cm³/mol. The van der Waals surface area contributed by atoms with Crippen LogP contribution < -0.4 is 30.1 Å². The highest BCUT2D eigenvalue weighted by Crippen LogP contribution is 2.43. The first-order valence-electron chi connectivity index (χ1n) is 22.0. The Labute approximate surface area is 393 Å². The molecule has 5 rings (SSSR count). The van der Waals surface area contributed by atoms with Crippen molar-refractivity contribution in [1.29, 1.82) is 0 Å². The van der Waals surface area contributed by atoms with E-state index < -0.39 is 105 Å². The van der Waals surface area contributed by atoms with Crippen LogP contribution in [-0.4, -0.2) is 75.6 Å². The lowest BCUT2D eigenvalue weighted by molar-refractivity contribution is -0.387. The topological polar surface area (TPSA) is 231 Å². The number of carbonyl (C=O) groups is 4. The number of esters is 1. The Kier molecular flexibility index (Phi) is 16.7. The van der Waals surface area contributed by atoms with Crippen molar-refractivity contribution in [2.24, 2.45) is 5.92 Å². The Morgan fingerprint density at radius 1 is 0.896 bits per heavy atom. The smallest absolute Gasteiger partial charge is 0.325 e. The average molecular weight is 960 g/mol. The van der Waals surface area contributed by atoms with Gasteiger partial charge in [0, 0.05) is 6.07 Å². The van der Waals surface area contributed by atoms with E-state index in [0.717, 1.165) is 23.3 Å². The summed E-state index contributed by atoms with van der Waals surface area (Å²) in [4.78, 5) is 67.5. The fourth-order valence-corrected chi connectivity index (χ4v) is 9.55. The first-order valence-corrected chi connectivity index (χ1v) is 26.4. The van der Waals surface area contributed by atoms with Crippen molar-refractivity contribution >= 4 is 47.7 Å². The van der Waals surface area contributed by atoms with Gasteiger partial charge in [0.25, 0.3) is 5.69 Å². The lowest BCUT2D eigenvalue weighted by Gasteiger charge is -2.41. The molecule has 0 saturated carbocycles. The summed E-state index contributed by atoms with van der Waals surface area (Å²) in [5.74, 6) is -3.84. The van der Waals surface area contributed by atoms with E-state index in [1.54, 1.807) is 64.1 Å². The monoisotopic (exact) mass is 959 g/mol. The van der Waals surface area contributed by atoms with Gasteiger partial charge in [-0.15, -0.1) is 0 Å². The van der Waals surface area contributed by atoms with Gasteiger partial charge in [-0.25, -0.2) is 8.42 Å². The first kappa shape index (κ1) is 51.8. The molecule has 0 radical (unpaired) electrons. The Morgan fingerprint density at radius 3 is 2.07 bits per heavy atom. The molecule has 0 aromatic heterocycles. The largest absolute Gasteiger partial charge is 0.485 e. The molecule has 0 spiro atoms. The minimum absolute atomic E-state index is 0.0382. The molecule has 4 aromatic rings. The number of fused-ring (bicyclic) bond motifs is 2. The second-order valence-corrected chi connectivity index (χ2v) is 24.8. The molecule has 4 aromatic carbocycles. The number of hydrogen-bond acceptors (Lipinski definition) is 12. The van der Waals surface area contributed by atoms with Crippen LogP contribution in [0.3, 0.4) is 0 Å². The molecule has 1 heterocycles. The molecule has 0 unspecified atom stereocenters. The minimum Gasteiger partial charge on any atom is -0.485 e. The van der Waals surface area contributed by atoms with Gasteiger partial charge in [-0.1, -0.05) is 120 Å². The fourth-order valence-electron chi connectivity index (χ4n) is 6.92. The van der Waals surface area contributed by atoms with E-state index >= 15 is 4.79 Å². The number of hydrogen-bond donors (Lipinski definition) is 4. The van der Waals surface area contributed by atoms with E-state index in [1.807, 2.05) is 70.3 Å². The number of sulfonamides is 1. The Bertz CT molecular complexity index is 2520.